The molecule has 1 aliphatic heterocycles. The van der Waals surface area contributed by atoms with Gasteiger partial charge in [-0.3, -0.25) is 9.44 Å². The van der Waals surface area contributed by atoms with Gasteiger partial charge in [0.1, 0.15) is 11.7 Å². The smallest absolute Gasteiger partial charge is 0.310 e. The number of carbonyl (C=O) groups excluding carboxylic acids is 1. The minimum atomic E-state index is -0.774. The van der Waals surface area contributed by atoms with E-state index in [1.54, 1.807) is 0 Å². The van der Waals surface area contributed by atoms with E-state index in [9.17, 15) is 10.0 Å². The molecule has 8 heteroatoms. The van der Waals surface area contributed by atoms with Gasteiger partial charge in [0, 0.05) is 11.8 Å². The van der Waals surface area contributed by atoms with Crippen LogP contribution in [0.25, 0.3) is 0 Å². The molecule has 0 radical (unpaired) electrons. The van der Waals surface area contributed by atoms with E-state index in [1.165, 1.54) is 24.2 Å². The lowest BCUT2D eigenvalue weighted by atomic mass is 9.98. The van der Waals surface area contributed by atoms with Crippen molar-refractivity contribution in [3.05, 3.63) is 10.2 Å². The maximum atomic E-state index is 13.5. The van der Waals surface area contributed by atoms with E-state index in [4.69, 9.17) is 4.74 Å². The predicted molar refractivity (Wildman–Crippen MR) is 105 cm³/mol. The van der Waals surface area contributed by atoms with Gasteiger partial charge in [-0.1, -0.05) is 58.5 Å². The van der Waals surface area contributed by atoms with Crippen molar-refractivity contribution in [2.45, 2.75) is 77.9 Å². The summed E-state index contributed by atoms with van der Waals surface area (Å²) in [6.07, 6.45) is 4.93. The molecule has 0 bridgehead atoms. The second kappa shape index (κ2) is 8.73. The third-order valence-electron chi connectivity index (χ3n) is 4.52. The van der Waals surface area contributed by atoms with Crippen LogP contribution in [0.5, 0.6) is 0 Å². The second-order valence-corrected chi connectivity index (χ2v) is 9.18. The van der Waals surface area contributed by atoms with Gasteiger partial charge in [0.15, 0.2) is 0 Å². The number of esters is 1. The van der Waals surface area contributed by atoms with E-state index in [-0.39, 0.29) is 18.1 Å². The number of rotatable bonds is 8. The fraction of sp³-hybridized carbons (Fsp3) is 0.833. The zero-order valence-corrected chi connectivity index (χ0v) is 17.5. The minimum Gasteiger partial charge on any atom is -0.622 e. The lowest BCUT2D eigenvalue weighted by molar-refractivity contribution is -0.153. The molecule has 2 heterocycles. The first-order chi connectivity index (χ1) is 12.2. The van der Waals surface area contributed by atoms with E-state index in [1.807, 2.05) is 32.7 Å². The SMILES string of the molecule is CCCCCCCC(=O)OC1CN(C)C[N+]1([O-])c1nnc(C(C)(C)C)s1. The summed E-state index contributed by atoms with van der Waals surface area (Å²) in [6.45, 7) is 8.91. The largest absolute Gasteiger partial charge is 0.622 e. The summed E-state index contributed by atoms with van der Waals surface area (Å²) in [7, 11) is 1.86. The van der Waals surface area contributed by atoms with Crippen molar-refractivity contribution in [1.29, 1.82) is 0 Å². The number of hydroxylamine groups is 2. The number of ether oxygens (including phenoxy) is 1. The lowest BCUT2D eigenvalue weighted by Gasteiger charge is -2.38. The summed E-state index contributed by atoms with van der Waals surface area (Å²) in [4.78, 5) is 14.1. The Hall–Kier alpha value is -1.09. The van der Waals surface area contributed by atoms with Gasteiger partial charge in [0.25, 0.3) is 6.23 Å². The molecule has 0 aromatic carbocycles. The molecule has 1 aromatic rings. The first kappa shape index (κ1) is 21.2. The molecule has 1 saturated heterocycles. The third-order valence-corrected chi connectivity index (χ3v) is 5.98. The van der Waals surface area contributed by atoms with Gasteiger partial charge in [-0.25, -0.2) is 4.90 Å². The quantitative estimate of drug-likeness (QED) is 0.294. The Balaban J connectivity index is 2.00. The average Bonchev–Trinajstić information content (AvgIpc) is 3.13. The third kappa shape index (κ3) is 5.22. The molecule has 2 atom stereocenters. The molecular formula is C18H32N4O3S. The highest BCUT2D eigenvalue weighted by Gasteiger charge is 2.45. The predicted octanol–water partition coefficient (Wildman–Crippen LogP) is 3.77. The highest BCUT2D eigenvalue weighted by Crippen LogP contribution is 2.37. The van der Waals surface area contributed by atoms with Crippen LogP contribution in [0.3, 0.4) is 0 Å². The summed E-state index contributed by atoms with van der Waals surface area (Å²) in [6, 6.07) is 0. The molecule has 1 aliphatic rings. The number of likely N-dealkylation sites (N-methyl/N-ethyl adjacent to an activating group) is 1. The first-order valence-corrected chi connectivity index (χ1v) is 10.3. The van der Waals surface area contributed by atoms with Gasteiger partial charge in [0.05, 0.1) is 6.54 Å². The van der Waals surface area contributed by atoms with Crippen molar-refractivity contribution in [3.8, 4) is 0 Å². The maximum Gasteiger partial charge on any atom is 0.310 e. The van der Waals surface area contributed by atoms with Gasteiger partial charge < -0.3 is 9.94 Å². The molecule has 1 aromatic heterocycles. The highest BCUT2D eigenvalue weighted by atomic mass is 32.1. The molecule has 0 aliphatic carbocycles. The molecule has 1 fully saturated rings. The maximum absolute atomic E-state index is 13.5. The average molecular weight is 385 g/mol. The lowest BCUT2D eigenvalue weighted by Crippen LogP contribution is -2.50. The normalized spacial score (nSPS) is 24.2. The molecule has 0 spiro atoms. The summed E-state index contributed by atoms with van der Waals surface area (Å²) < 4.78 is 4.81. The number of quaternary nitrogens is 1. The standard InChI is InChI=1S/C18H32N4O3S/c1-6-7-8-9-10-11-15(23)25-14-12-21(5)13-22(14,24)17-20-19-16(26-17)18(2,3)4/h14H,6-13H2,1-5H3. The van der Waals surface area contributed by atoms with Crippen LogP contribution in [0.2, 0.25) is 0 Å². The Labute approximate surface area is 160 Å². The molecule has 0 saturated carbocycles. The minimum absolute atomic E-state index is 0.161. The van der Waals surface area contributed by atoms with E-state index in [0.29, 0.717) is 18.1 Å². The molecule has 148 valence electrons. The molecule has 7 nitrogen and oxygen atoms in total. The van der Waals surface area contributed by atoms with E-state index in [2.05, 4.69) is 17.1 Å². The van der Waals surface area contributed by atoms with Crippen molar-refractivity contribution in [2.24, 2.45) is 0 Å². The molecule has 2 rings (SSSR count). The number of unbranched alkanes of at least 4 members (excludes halogenated alkanes) is 4. The Kier molecular flexibility index (Phi) is 7.12. The Morgan fingerprint density at radius 1 is 1.31 bits per heavy atom. The summed E-state index contributed by atoms with van der Waals surface area (Å²) in [5.74, 6) is -0.291. The van der Waals surface area contributed by atoms with E-state index >= 15 is 0 Å². The number of nitrogens with zero attached hydrogens (tertiary/aromatic N) is 4. The Morgan fingerprint density at radius 3 is 2.62 bits per heavy atom. The highest BCUT2D eigenvalue weighted by molar-refractivity contribution is 7.15. The van der Waals surface area contributed by atoms with Gasteiger partial charge in [-0.05, 0) is 24.8 Å². The van der Waals surface area contributed by atoms with E-state index in [0.717, 1.165) is 24.3 Å². The zero-order valence-electron chi connectivity index (χ0n) is 16.7. The Morgan fingerprint density at radius 2 is 2.00 bits per heavy atom. The fourth-order valence-corrected chi connectivity index (χ4v) is 3.94. The fourth-order valence-electron chi connectivity index (χ4n) is 2.97. The molecule has 2 unspecified atom stereocenters. The van der Waals surface area contributed by atoms with Crippen LogP contribution in [0.4, 0.5) is 5.13 Å². The van der Waals surface area contributed by atoms with Gasteiger partial charge in [-0.15, -0.1) is 5.10 Å². The zero-order chi connectivity index (χ0) is 19.4. The van der Waals surface area contributed by atoms with Crippen LogP contribution < -0.4 is 4.65 Å². The van der Waals surface area contributed by atoms with Crippen molar-refractivity contribution >= 4 is 22.4 Å². The number of hydrogen-bond acceptors (Lipinski definition) is 7. The first-order valence-electron chi connectivity index (χ1n) is 9.48. The Bertz CT molecular complexity index is 602. The van der Waals surface area contributed by atoms with Crippen LogP contribution in [0.15, 0.2) is 0 Å². The van der Waals surface area contributed by atoms with Crippen molar-refractivity contribution in [1.82, 2.24) is 19.7 Å². The van der Waals surface area contributed by atoms with Gasteiger partial charge >= 0.3 is 11.1 Å². The van der Waals surface area contributed by atoms with Crippen LogP contribution in [0, 0.1) is 5.21 Å². The molecular weight excluding hydrogens is 352 g/mol. The van der Waals surface area contributed by atoms with Crippen LogP contribution >= 0.6 is 11.3 Å². The van der Waals surface area contributed by atoms with E-state index < -0.39 is 10.9 Å². The monoisotopic (exact) mass is 384 g/mol. The summed E-state index contributed by atoms with van der Waals surface area (Å²) >= 11 is 1.32. The van der Waals surface area contributed by atoms with Crippen LogP contribution in [0.1, 0.15) is 71.2 Å². The topological polar surface area (TPSA) is 78.4 Å². The summed E-state index contributed by atoms with van der Waals surface area (Å²) in [5, 5.41) is 23.0. The van der Waals surface area contributed by atoms with Gasteiger partial charge in [0.2, 0.25) is 0 Å². The number of carbonyl (C=O) groups is 1. The van der Waals surface area contributed by atoms with Crippen molar-refractivity contribution in [3.63, 3.8) is 0 Å². The summed E-state index contributed by atoms with van der Waals surface area (Å²) in [5.41, 5.74) is -0.161. The van der Waals surface area contributed by atoms with Gasteiger partial charge in [-0.2, -0.15) is 0 Å². The van der Waals surface area contributed by atoms with Crippen LogP contribution in [-0.2, 0) is 14.9 Å². The molecule has 26 heavy (non-hydrogen) atoms. The molecule has 0 amide bonds. The van der Waals surface area contributed by atoms with Crippen molar-refractivity contribution < 1.29 is 9.53 Å². The number of hydrogen-bond donors (Lipinski definition) is 0. The van der Waals surface area contributed by atoms with Crippen LogP contribution in [-0.4, -0.2) is 47.6 Å². The second-order valence-electron chi connectivity index (χ2n) is 8.22. The molecule has 0 N–H and O–H groups in total. The van der Waals surface area contributed by atoms with Crippen molar-refractivity contribution in [2.75, 3.05) is 20.3 Å². The number of aromatic nitrogens is 2.